The fourth-order valence-electron chi connectivity index (χ4n) is 1.46. The van der Waals surface area contributed by atoms with E-state index in [-0.39, 0.29) is 0 Å². The average molecular weight is 232 g/mol. The van der Waals surface area contributed by atoms with E-state index in [0.29, 0.717) is 35.6 Å². The van der Waals surface area contributed by atoms with Crippen molar-refractivity contribution < 1.29 is 19.1 Å². The van der Waals surface area contributed by atoms with Gasteiger partial charge in [-0.2, -0.15) is 0 Å². The molecule has 0 amide bonds. The number of allylic oxidation sites excluding steroid dienone is 1. The Morgan fingerprint density at radius 1 is 1.29 bits per heavy atom. The Bertz CT molecular complexity index is 460. The monoisotopic (exact) mass is 232 g/mol. The minimum Gasteiger partial charge on any atom is -0.428 e. The zero-order valence-corrected chi connectivity index (χ0v) is 9.38. The molecule has 0 saturated heterocycles. The van der Waals surface area contributed by atoms with Crippen molar-refractivity contribution in [2.24, 2.45) is 0 Å². The van der Waals surface area contributed by atoms with Crippen LogP contribution in [0.3, 0.4) is 0 Å². The summed E-state index contributed by atoms with van der Waals surface area (Å²) in [5.74, 6) is 0.625. The van der Waals surface area contributed by atoms with Crippen LogP contribution in [0.15, 0.2) is 30.9 Å². The maximum atomic E-state index is 10.4. The van der Waals surface area contributed by atoms with Gasteiger partial charge in [0.1, 0.15) is 11.5 Å². The van der Waals surface area contributed by atoms with Gasteiger partial charge in [-0.25, -0.2) is 0 Å². The lowest BCUT2D eigenvalue weighted by atomic mass is 10.0. The lowest BCUT2D eigenvalue weighted by molar-refractivity contribution is -0.122. The molecule has 17 heavy (non-hydrogen) atoms. The maximum Gasteiger partial charge on any atom is 0.298 e. The second kappa shape index (κ2) is 6.27. The van der Waals surface area contributed by atoms with E-state index in [1.165, 1.54) is 0 Å². The Morgan fingerprint density at radius 2 is 2.06 bits per heavy atom. The normalized spacial score (nSPS) is 10.5. The smallest absolute Gasteiger partial charge is 0.298 e. The van der Waals surface area contributed by atoms with Gasteiger partial charge in [-0.05, 0) is 24.6 Å². The molecule has 0 N–H and O–H groups in total. The molecule has 0 unspecified atom stereocenters. The van der Waals surface area contributed by atoms with Crippen LogP contribution >= 0.6 is 0 Å². The van der Waals surface area contributed by atoms with E-state index in [4.69, 9.17) is 9.47 Å². The highest BCUT2D eigenvalue weighted by atomic mass is 16.5. The van der Waals surface area contributed by atoms with Crippen molar-refractivity contribution in [1.29, 1.82) is 0 Å². The summed E-state index contributed by atoms with van der Waals surface area (Å²) in [5.41, 5.74) is 1.23. The molecule has 0 bridgehead atoms. The molecule has 4 heteroatoms. The quantitative estimate of drug-likeness (QED) is 0.558. The highest BCUT2D eigenvalue weighted by Crippen LogP contribution is 2.30. The van der Waals surface area contributed by atoms with E-state index in [2.05, 4.69) is 6.58 Å². The molecule has 0 aliphatic heterocycles. The average Bonchev–Trinajstić information content (AvgIpc) is 2.36. The molecule has 1 aromatic carbocycles. The van der Waals surface area contributed by atoms with Crippen molar-refractivity contribution >= 4 is 24.8 Å². The van der Waals surface area contributed by atoms with Gasteiger partial charge in [-0.15, -0.1) is 0 Å². The Hall–Kier alpha value is -2.36. The fraction of sp³-hybridized carbons (Fsp3) is 0.0769. The molecule has 0 spiro atoms. The molecule has 0 heterocycles. The van der Waals surface area contributed by atoms with Crippen LogP contribution in [0, 0.1) is 0 Å². The topological polar surface area (TPSA) is 52.6 Å². The summed E-state index contributed by atoms with van der Waals surface area (Å²) in [5, 5.41) is 0. The lowest BCUT2D eigenvalue weighted by Crippen LogP contribution is -1.99. The molecule has 0 fully saturated rings. The highest BCUT2D eigenvalue weighted by Gasteiger charge is 2.13. The number of hydrogen-bond donors (Lipinski definition) is 0. The minimum atomic E-state index is 0.312. The largest absolute Gasteiger partial charge is 0.428 e. The third kappa shape index (κ3) is 2.81. The summed E-state index contributed by atoms with van der Waals surface area (Å²) in [4.78, 5) is 20.8. The predicted molar refractivity (Wildman–Crippen MR) is 64.0 cm³/mol. The molecule has 0 aliphatic rings. The van der Waals surface area contributed by atoms with Crippen LogP contribution in [-0.2, 0) is 14.3 Å². The molecule has 0 atom stereocenters. The van der Waals surface area contributed by atoms with Gasteiger partial charge in [0.05, 0.1) is 5.56 Å². The molecule has 88 valence electrons. The van der Waals surface area contributed by atoms with Crippen molar-refractivity contribution in [2.75, 3.05) is 0 Å². The number of carbonyl (C=O) groups is 2. The van der Waals surface area contributed by atoms with Crippen molar-refractivity contribution in [2.45, 2.75) is 6.92 Å². The molecule has 0 aromatic heterocycles. The number of rotatable bonds is 6. The molecule has 4 nitrogen and oxygen atoms in total. The van der Waals surface area contributed by atoms with Gasteiger partial charge in [0.25, 0.3) is 12.9 Å². The summed E-state index contributed by atoms with van der Waals surface area (Å²) in [6.07, 6.45) is 3.19. The first kappa shape index (κ1) is 12.7. The van der Waals surface area contributed by atoms with Gasteiger partial charge in [0.15, 0.2) is 0 Å². The molecule has 1 rings (SSSR count). The standard InChI is InChI=1S/C13H12O4/c1-3-10-6-5-7-12(17-9-15)13(10)11(4-2)16-8-14/h3-9H,1H2,2H3/b11-4+. The van der Waals surface area contributed by atoms with E-state index in [1.54, 1.807) is 37.3 Å². The number of carbonyl (C=O) groups excluding carboxylic acids is 2. The first-order valence-corrected chi connectivity index (χ1v) is 4.91. The maximum absolute atomic E-state index is 10.4. The summed E-state index contributed by atoms with van der Waals surface area (Å²) in [6, 6.07) is 5.10. The summed E-state index contributed by atoms with van der Waals surface area (Å²) in [6.45, 7) is 6.01. The minimum absolute atomic E-state index is 0.312. The fourth-order valence-corrected chi connectivity index (χ4v) is 1.46. The molecular formula is C13H12O4. The molecule has 1 aromatic rings. The highest BCUT2D eigenvalue weighted by molar-refractivity contribution is 5.78. The van der Waals surface area contributed by atoms with E-state index >= 15 is 0 Å². The van der Waals surface area contributed by atoms with E-state index in [0.717, 1.165) is 0 Å². The van der Waals surface area contributed by atoms with E-state index in [1.807, 2.05) is 0 Å². The second-order valence-electron chi connectivity index (χ2n) is 3.01. The Labute approximate surface area is 99.2 Å². The van der Waals surface area contributed by atoms with Crippen LogP contribution in [0.4, 0.5) is 0 Å². The van der Waals surface area contributed by atoms with Gasteiger partial charge >= 0.3 is 0 Å². The van der Waals surface area contributed by atoms with E-state index in [9.17, 15) is 9.59 Å². The van der Waals surface area contributed by atoms with Crippen LogP contribution in [0.2, 0.25) is 0 Å². The van der Waals surface area contributed by atoms with Gasteiger partial charge in [-0.1, -0.05) is 24.8 Å². The van der Waals surface area contributed by atoms with Crippen LogP contribution in [0.5, 0.6) is 5.75 Å². The zero-order chi connectivity index (χ0) is 12.7. The summed E-state index contributed by atoms with van der Waals surface area (Å²) in [7, 11) is 0. The molecule has 0 aliphatic carbocycles. The third-order valence-corrected chi connectivity index (χ3v) is 2.14. The first-order valence-electron chi connectivity index (χ1n) is 4.91. The summed E-state index contributed by atoms with van der Waals surface area (Å²) < 4.78 is 9.69. The van der Waals surface area contributed by atoms with Gasteiger partial charge in [0.2, 0.25) is 0 Å². The number of hydrogen-bond acceptors (Lipinski definition) is 4. The van der Waals surface area contributed by atoms with Gasteiger partial charge in [-0.3, -0.25) is 9.59 Å². The Kier molecular flexibility index (Phi) is 4.69. The molecule has 0 radical (unpaired) electrons. The number of benzene rings is 1. The Balaban J connectivity index is 3.38. The third-order valence-electron chi connectivity index (χ3n) is 2.14. The Morgan fingerprint density at radius 3 is 2.59 bits per heavy atom. The van der Waals surface area contributed by atoms with Crippen LogP contribution in [0.25, 0.3) is 11.8 Å². The van der Waals surface area contributed by atoms with Crippen molar-refractivity contribution in [1.82, 2.24) is 0 Å². The van der Waals surface area contributed by atoms with Crippen molar-refractivity contribution in [3.05, 3.63) is 42.0 Å². The van der Waals surface area contributed by atoms with Crippen LogP contribution in [0.1, 0.15) is 18.1 Å². The second-order valence-corrected chi connectivity index (χ2v) is 3.01. The first-order chi connectivity index (χ1) is 8.28. The summed E-state index contributed by atoms with van der Waals surface area (Å²) >= 11 is 0. The van der Waals surface area contributed by atoms with Crippen LogP contribution in [-0.4, -0.2) is 12.9 Å². The van der Waals surface area contributed by atoms with E-state index < -0.39 is 0 Å². The van der Waals surface area contributed by atoms with Crippen LogP contribution < -0.4 is 4.74 Å². The van der Waals surface area contributed by atoms with Crippen molar-refractivity contribution in [3.8, 4) is 5.75 Å². The zero-order valence-electron chi connectivity index (χ0n) is 9.38. The molecule has 0 saturated carbocycles. The van der Waals surface area contributed by atoms with Crippen molar-refractivity contribution in [3.63, 3.8) is 0 Å². The molecular weight excluding hydrogens is 220 g/mol. The number of ether oxygens (including phenoxy) is 2. The SMILES string of the molecule is C=Cc1cccc(OC=O)c1/C(=C\C)OC=O. The predicted octanol–water partition coefficient (Wildman–Crippen LogP) is 2.40. The van der Waals surface area contributed by atoms with Gasteiger partial charge < -0.3 is 9.47 Å². The lowest BCUT2D eigenvalue weighted by Gasteiger charge is -2.12. The van der Waals surface area contributed by atoms with Gasteiger partial charge in [0, 0.05) is 0 Å².